The predicted molar refractivity (Wildman–Crippen MR) is 373 cm³/mol. The molecule has 1 aromatic carbocycles. The molecule has 83 heavy (non-hydrogen) atoms. The maximum atomic E-state index is 7.05. The van der Waals surface area contributed by atoms with E-state index in [1.165, 1.54) is 396 Å². The van der Waals surface area contributed by atoms with Crippen molar-refractivity contribution in [3.8, 4) is 17.2 Å². The van der Waals surface area contributed by atoms with E-state index >= 15 is 0 Å². The summed E-state index contributed by atoms with van der Waals surface area (Å²) in [5, 5.41) is 0. The van der Waals surface area contributed by atoms with Gasteiger partial charge in [0.2, 0.25) is 5.75 Å². The number of benzene rings is 1. The van der Waals surface area contributed by atoms with Crippen molar-refractivity contribution in [2.75, 3.05) is 39.5 Å². The van der Waals surface area contributed by atoms with E-state index < -0.39 is 0 Å². The molecular formula is C79H154NO3+. The average Bonchev–Trinajstić information content (AvgIpc) is 3.69. The highest BCUT2D eigenvalue weighted by molar-refractivity contribution is 5.54. The van der Waals surface area contributed by atoms with Gasteiger partial charge in [-0.3, -0.25) is 0 Å². The molecule has 0 aliphatic carbocycles. The van der Waals surface area contributed by atoms with E-state index in [1.54, 1.807) is 0 Å². The van der Waals surface area contributed by atoms with Crippen LogP contribution in [-0.4, -0.2) is 43.9 Å². The van der Waals surface area contributed by atoms with Crippen LogP contribution in [0.5, 0.6) is 17.2 Å². The van der Waals surface area contributed by atoms with Gasteiger partial charge in [0.05, 0.1) is 39.5 Å². The normalized spacial score (nSPS) is 11.8. The largest absolute Gasteiger partial charge is 0.490 e. The minimum atomic E-state index is 0.745. The SMILES string of the molecule is CCCCCCCCCCCCOc1cc(C[N+](CCCCCCCCCCCC)(CCCCCCCCCCCC)CCCCCCCCCCCC)cc(OCCCCCCCCCCCC)c1OCCCCCCCCCCCC. The summed E-state index contributed by atoms with van der Waals surface area (Å²) >= 11 is 0. The van der Waals surface area contributed by atoms with Crippen molar-refractivity contribution >= 4 is 0 Å². The Bertz CT molecular complexity index is 1290. The third-order valence-electron chi connectivity index (χ3n) is 18.8. The fraction of sp³-hybridized carbons (Fsp3) is 0.924. The third-order valence-corrected chi connectivity index (χ3v) is 18.8. The summed E-state index contributed by atoms with van der Waals surface area (Å²) in [5.41, 5.74) is 1.43. The number of hydrogen-bond donors (Lipinski definition) is 0. The van der Waals surface area contributed by atoms with Crippen molar-refractivity contribution in [2.24, 2.45) is 0 Å². The Kier molecular flexibility index (Phi) is 62.4. The molecule has 1 rings (SSSR count). The van der Waals surface area contributed by atoms with Crippen LogP contribution in [0.15, 0.2) is 12.1 Å². The Morgan fingerprint density at radius 3 is 0.614 bits per heavy atom. The maximum Gasteiger partial charge on any atom is 0.203 e. The summed E-state index contributed by atoms with van der Waals surface area (Å²) in [4.78, 5) is 0. The topological polar surface area (TPSA) is 27.7 Å². The summed E-state index contributed by atoms with van der Waals surface area (Å²) < 4.78 is 22.3. The number of ether oxygens (including phenoxy) is 3. The summed E-state index contributed by atoms with van der Waals surface area (Å²) in [5.74, 6) is 2.85. The van der Waals surface area contributed by atoms with Crippen LogP contribution in [0.3, 0.4) is 0 Å². The fourth-order valence-corrected chi connectivity index (χ4v) is 13.1. The lowest BCUT2D eigenvalue weighted by atomic mass is 10.0. The van der Waals surface area contributed by atoms with E-state index in [1.807, 2.05) is 0 Å². The molecule has 0 radical (unpaired) electrons. The minimum absolute atomic E-state index is 0.745. The summed E-state index contributed by atoms with van der Waals surface area (Å²) in [6, 6.07) is 4.94. The molecule has 0 aliphatic rings. The summed E-state index contributed by atoms with van der Waals surface area (Å²) in [6.45, 7) is 21.3. The second-order valence-electron chi connectivity index (χ2n) is 27.2. The quantitative estimate of drug-likeness (QED) is 0.0481. The van der Waals surface area contributed by atoms with Gasteiger partial charge in [0.15, 0.2) is 11.5 Å². The van der Waals surface area contributed by atoms with Crippen LogP contribution in [0.1, 0.15) is 432 Å². The van der Waals surface area contributed by atoms with Crippen molar-refractivity contribution < 1.29 is 18.7 Å². The van der Waals surface area contributed by atoms with Gasteiger partial charge in [0.25, 0.3) is 0 Å². The second-order valence-corrected chi connectivity index (χ2v) is 27.2. The lowest BCUT2D eigenvalue weighted by Gasteiger charge is -2.40. The summed E-state index contributed by atoms with van der Waals surface area (Å²) in [6.07, 6.45) is 82.3. The molecule has 0 spiro atoms. The van der Waals surface area contributed by atoms with Crippen LogP contribution < -0.4 is 14.2 Å². The first-order chi connectivity index (χ1) is 41.1. The van der Waals surface area contributed by atoms with Gasteiger partial charge in [-0.25, -0.2) is 0 Å². The van der Waals surface area contributed by atoms with Crippen molar-refractivity contribution in [2.45, 2.75) is 433 Å². The van der Waals surface area contributed by atoms with Gasteiger partial charge >= 0.3 is 0 Å². The van der Waals surface area contributed by atoms with Crippen molar-refractivity contribution in [1.82, 2.24) is 0 Å². The van der Waals surface area contributed by atoms with E-state index in [0.29, 0.717) is 0 Å². The van der Waals surface area contributed by atoms with E-state index in [9.17, 15) is 0 Å². The maximum absolute atomic E-state index is 7.05. The molecule has 0 unspecified atom stereocenters. The van der Waals surface area contributed by atoms with Crippen molar-refractivity contribution in [3.63, 3.8) is 0 Å². The molecule has 0 heterocycles. The zero-order chi connectivity index (χ0) is 59.7. The van der Waals surface area contributed by atoms with E-state index in [2.05, 4.69) is 53.7 Å². The number of unbranched alkanes of at least 4 members (excludes halogenated alkanes) is 54. The molecule has 492 valence electrons. The van der Waals surface area contributed by atoms with Crippen LogP contribution in [0.4, 0.5) is 0 Å². The van der Waals surface area contributed by atoms with Crippen molar-refractivity contribution in [3.05, 3.63) is 17.7 Å². The molecule has 0 saturated carbocycles. The lowest BCUT2D eigenvalue weighted by Crippen LogP contribution is -2.49. The molecule has 0 N–H and O–H groups in total. The molecule has 4 nitrogen and oxygen atoms in total. The molecule has 0 saturated heterocycles. The zero-order valence-electron chi connectivity index (χ0n) is 58.2. The molecule has 0 bridgehead atoms. The molecule has 0 aromatic heterocycles. The number of quaternary nitrogens is 1. The van der Waals surface area contributed by atoms with Gasteiger partial charge in [0, 0.05) is 5.56 Å². The Balaban J connectivity index is 3.56. The lowest BCUT2D eigenvalue weighted by molar-refractivity contribution is -0.941. The first kappa shape index (κ1) is 79.6. The van der Waals surface area contributed by atoms with Gasteiger partial charge in [-0.1, -0.05) is 369 Å². The van der Waals surface area contributed by atoms with Crippen LogP contribution in [0.25, 0.3) is 0 Å². The molecule has 0 fully saturated rings. The average molecular weight is 1170 g/mol. The molecule has 4 heteroatoms. The van der Waals surface area contributed by atoms with Crippen LogP contribution in [0.2, 0.25) is 0 Å². The second kappa shape index (κ2) is 65.0. The number of nitrogens with zero attached hydrogens (tertiary/aromatic N) is 1. The van der Waals surface area contributed by atoms with E-state index in [4.69, 9.17) is 14.2 Å². The first-order valence-electron chi connectivity index (χ1n) is 39.0. The van der Waals surface area contributed by atoms with Crippen LogP contribution in [0, 0.1) is 0 Å². The van der Waals surface area contributed by atoms with E-state index in [-0.39, 0.29) is 0 Å². The molecule has 0 atom stereocenters. The van der Waals surface area contributed by atoms with Gasteiger partial charge in [0.1, 0.15) is 6.54 Å². The third kappa shape index (κ3) is 52.3. The first-order valence-corrected chi connectivity index (χ1v) is 39.0. The standard InChI is InChI=1S/C79H154NO3/c1-7-13-19-25-31-37-43-49-55-61-67-80(68-62-56-50-44-38-32-26-20-14-8-2,69-63-57-51-45-39-33-27-21-15-9-3)75-76-73-77(81-70-64-58-52-46-40-34-28-22-16-10-4)79(83-72-66-60-54-48-42-36-30-24-18-12-6)78(74-76)82-71-65-59-53-47-41-35-29-23-17-11-5/h73-74H,7-72,75H2,1-6H3/q+1. The highest BCUT2D eigenvalue weighted by Crippen LogP contribution is 2.41. The summed E-state index contributed by atoms with van der Waals surface area (Å²) in [7, 11) is 0. The zero-order valence-corrected chi connectivity index (χ0v) is 58.2. The van der Waals surface area contributed by atoms with Gasteiger partial charge in [-0.05, 0) is 69.9 Å². The number of hydrogen-bond acceptors (Lipinski definition) is 3. The Hall–Kier alpha value is -1.42. The highest BCUT2D eigenvalue weighted by atomic mass is 16.5. The Labute approximate surface area is 523 Å². The fourth-order valence-electron chi connectivity index (χ4n) is 13.1. The predicted octanol–water partition coefficient (Wildman–Crippen LogP) is 27.7. The molecule has 1 aromatic rings. The Morgan fingerprint density at radius 2 is 0.398 bits per heavy atom. The van der Waals surface area contributed by atoms with E-state index in [0.717, 1.165) is 62.9 Å². The molecule has 0 amide bonds. The van der Waals surface area contributed by atoms with Crippen LogP contribution >= 0.6 is 0 Å². The van der Waals surface area contributed by atoms with Gasteiger partial charge < -0.3 is 18.7 Å². The smallest absolute Gasteiger partial charge is 0.203 e. The highest BCUT2D eigenvalue weighted by Gasteiger charge is 2.29. The molecule has 0 aliphatic heterocycles. The van der Waals surface area contributed by atoms with Crippen molar-refractivity contribution in [1.29, 1.82) is 0 Å². The monoisotopic (exact) mass is 1170 g/mol. The van der Waals surface area contributed by atoms with Gasteiger partial charge in [-0.15, -0.1) is 0 Å². The van der Waals surface area contributed by atoms with Gasteiger partial charge in [-0.2, -0.15) is 0 Å². The minimum Gasteiger partial charge on any atom is -0.490 e. The Morgan fingerprint density at radius 1 is 0.217 bits per heavy atom. The molecular weight excluding hydrogens is 1010 g/mol. The number of rotatable bonds is 71. The van der Waals surface area contributed by atoms with Crippen LogP contribution in [-0.2, 0) is 6.54 Å².